The molecule has 4 heteroatoms. The van der Waals surface area contributed by atoms with E-state index < -0.39 is 0 Å². The van der Waals surface area contributed by atoms with Crippen LogP contribution < -0.4 is 0 Å². The molecule has 0 aromatic rings. The van der Waals surface area contributed by atoms with E-state index in [0.29, 0.717) is 12.1 Å². The van der Waals surface area contributed by atoms with Crippen molar-refractivity contribution in [2.75, 3.05) is 13.7 Å². The van der Waals surface area contributed by atoms with Crippen LogP contribution in [0.5, 0.6) is 0 Å². The quantitative estimate of drug-likeness (QED) is 0.270. The summed E-state index contributed by atoms with van der Waals surface area (Å²) in [7, 11) is 1.33. The maximum atomic E-state index is 10.2. The van der Waals surface area contributed by atoms with E-state index in [-0.39, 0.29) is 5.97 Å². The molecule has 0 N–H and O–H groups in total. The average Bonchev–Trinajstić information content (AvgIpc) is 2.05. The summed E-state index contributed by atoms with van der Waals surface area (Å²) in [6, 6.07) is 0. The third kappa shape index (κ3) is 11.4. The molecule has 0 atom stereocenters. The van der Waals surface area contributed by atoms with Gasteiger partial charge < -0.3 is 4.74 Å². The van der Waals surface area contributed by atoms with Gasteiger partial charge in [-0.05, 0) is 13.8 Å². The standard InChI is InChI=1S/C5H8O2.C3H5NO/c1-4(2)5(6)7-3;1-2-4-3-5/h1H2,2-3H3;2H2,1H3. The molecule has 0 unspecified atom stereocenters. The number of carbonyl (C=O) groups is 1. The van der Waals surface area contributed by atoms with Crippen molar-refractivity contribution in [1.29, 1.82) is 0 Å². The zero-order chi connectivity index (χ0) is 9.98. The van der Waals surface area contributed by atoms with Crippen LogP contribution >= 0.6 is 0 Å². The molecule has 4 nitrogen and oxygen atoms in total. The first-order valence-electron chi connectivity index (χ1n) is 3.37. The second-order valence-corrected chi connectivity index (χ2v) is 1.84. The summed E-state index contributed by atoms with van der Waals surface area (Å²) < 4.78 is 4.27. The lowest BCUT2D eigenvalue weighted by molar-refractivity contribution is -0.136. The van der Waals surface area contributed by atoms with Gasteiger partial charge in [0.2, 0.25) is 6.08 Å². The summed E-state index contributed by atoms with van der Waals surface area (Å²) in [4.78, 5) is 22.5. The number of hydrogen-bond donors (Lipinski definition) is 0. The largest absolute Gasteiger partial charge is 0.466 e. The number of ether oxygens (including phenoxy) is 1. The van der Waals surface area contributed by atoms with E-state index >= 15 is 0 Å². The van der Waals surface area contributed by atoms with E-state index in [1.54, 1.807) is 13.8 Å². The number of aliphatic imine (C=N–C) groups is 1. The number of carbonyl (C=O) groups excluding carboxylic acids is 2. The Labute approximate surface area is 71.9 Å². The van der Waals surface area contributed by atoms with Crippen LogP contribution in [0.2, 0.25) is 0 Å². The fraction of sp³-hybridized carbons (Fsp3) is 0.500. The van der Waals surface area contributed by atoms with Crippen LogP contribution in [0.25, 0.3) is 0 Å². The number of methoxy groups -OCH3 is 1. The highest BCUT2D eigenvalue weighted by Crippen LogP contribution is 1.87. The first-order chi connectivity index (χ1) is 5.59. The van der Waals surface area contributed by atoms with E-state index in [1.165, 1.54) is 13.2 Å². The van der Waals surface area contributed by atoms with Gasteiger partial charge in [-0.15, -0.1) is 0 Å². The van der Waals surface area contributed by atoms with Crippen molar-refractivity contribution in [1.82, 2.24) is 0 Å². The summed E-state index contributed by atoms with van der Waals surface area (Å²) in [5, 5.41) is 0. The van der Waals surface area contributed by atoms with Crippen LogP contribution in [0, 0.1) is 0 Å². The first-order valence-corrected chi connectivity index (χ1v) is 3.37. The van der Waals surface area contributed by atoms with Gasteiger partial charge >= 0.3 is 5.97 Å². The summed E-state index contributed by atoms with van der Waals surface area (Å²) in [5.41, 5.74) is 0.433. The topological polar surface area (TPSA) is 55.7 Å². The molecule has 0 bridgehead atoms. The van der Waals surface area contributed by atoms with E-state index in [0.717, 1.165) is 0 Å². The third-order valence-electron chi connectivity index (χ3n) is 0.757. The minimum atomic E-state index is -0.347. The second kappa shape index (κ2) is 9.59. The van der Waals surface area contributed by atoms with Crippen LogP contribution in [0.15, 0.2) is 17.1 Å². The Morgan fingerprint density at radius 2 is 2.17 bits per heavy atom. The van der Waals surface area contributed by atoms with Crippen molar-refractivity contribution in [3.8, 4) is 0 Å². The van der Waals surface area contributed by atoms with E-state index in [1.807, 2.05) is 0 Å². The number of isocyanates is 1. The second-order valence-electron chi connectivity index (χ2n) is 1.84. The lowest BCUT2D eigenvalue weighted by Gasteiger charge is -1.91. The number of esters is 1. The highest BCUT2D eigenvalue weighted by Gasteiger charge is 1.95. The van der Waals surface area contributed by atoms with Gasteiger partial charge in [0.05, 0.1) is 7.11 Å². The summed E-state index contributed by atoms with van der Waals surface area (Å²) in [6.07, 6.45) is 1.39. The predicted octanol–water partition coefficient (Wildman–Crippen LogP) is 1.08. The molecule has 0 aliphatic carbocycles. The highest BCUT2D eigenvalue weighted by atomic mass is 16.5. The van der Waals surface area contributed by atoms with Gasteiger partial charge in [0.15, 0.2) is 0 Å². The number of rotatable bonds is 2. The van der Waals surface area contributed by atoms with Gasteiger partial charge in [0.25, 0.3) is 0 Å². The van der Waals surface area contributed by atoms with E-state index in [2.05, 4.69) is 16.3 Å². The zero-order valence-corrected chi connectivity index (χ0v) is 7.59. The fourth-order valence-corrected chi connectivity index (χ4v) is 0.239. The van der Waals surface area contributed by atoms with Gasteiger partial charge in [0, 0.05) is 12.1 Å². The maximum absolute atomic E-state index is 10.2. The Morgan fingerprint density at radius 1 is 1.67 bits per heavy atom. The minimum absolute atomic E-state index is 0.347. The molecule has 0 amide bonds. The van der Waals surface area contributed by atoms with Crippen LogP contribution in [0.3, 0.4) is 0 Å². The van der Waals surface area contributed by atoms with Crippen molar-refractivity contribution in [2.45, 2.75) is 13.8 Å². The van der Waals surface area contributed by atoms with Crippen molar-refractivity contribution in [3.05, 3.63) is 12.2 Å². The molecule has 68 valence electrons. The Kier molecular flexibility index (Phi) is 10.5. The van der Waals surface area contributed by atoms with Gasteiger partial charge in [-0.3, -0.25) is 0 Å². The third-order valence-corrected chi connectivity index (χ3v) is 0.757. The molecule has 0 aliphatic heterocycles. The molecule has 12 heavy (non-hydrogen) atoms. The molecule has 0 rings (SSSR count). The zero-order valence-electron chi connectivity index (χ0n) is 7.59. The maximum Gasteiger partial charge on any atom is 0.332 e. The lowest BCUT2D eigenvalue weighted by atomic mass is 10.4. The van der Waals surface area contributed by atoms with Crippen LogP contribution in [0.4, 0.5) is 0 Å². The fourth-order valence-electron chi connectivity index (χ4n) is 0.239. The molecule has 0 spiro atoms. The minimum Gasteiger partial charge on any atom is -0.466 e. The van der Waals surface area contributed by atoms with Crippen LogP contribution in [0.1, 0.15) is 13.8 Å². The monoisotopic (exact) mass is 171 g/mol. The Hall–Kier alpha value is -1.41. The number of hydrogen-bond acceptors (Lipinski definition) is 4. The smallest absolute Gasteiger partial charge is 0.332 e. The first kappa shape index (κ1) is 13.2. The van der Waals surface area contributed by atoms with Gasteiger partial charge in [-0.1, -0.05) is 6.58 Å². The molecule has 0 fully saturated rings. The van der Waals surface area contributed by atoms with Crippen molar-refractivity contribution < 1.29 is 14.3 Å². The molecular weight excluding hydrogens is 158 g/mol. The summed E-state index contributed by atoms with van der Waals surface area (Å²) >= 11 is 0. The van der Waals surface area contributed by atoms with Crippen molar-refractivity contribution >= 4 is 12.0 Å². The summed E-state index contributed by atoms with van der Waals surface area (Å²) in [5.74, 6) is -0.347. The average molecular weight is 171 g/mol. The molecular formula is C8H13NO3. The Morgan fingerprint density at radius 3 is 2.17 bits per heavy atom. The Bertz CT molecular complexity index is 192. The normalized spacial score (nSPS) is 6.92. The molecule has 0 heterocycles. The van der Waals surface area contributed by atoms with Crippen molar-refractivity contribution in [2.24, 2.45) is 4.99 Å². The van der Waals surface area contributed by atoms with Crippen LogP contribution in [-0.4, -0.2) is 25.7 Å². The van der Waals surface area contributed by atoms with Crippen molar-refractivity contribution in [3.63, 3.8) is 0 Å². The molecule has 0 aromatic heterocycles. The molecule has 0 saturated carbocycles. The lowest BCUT2D eigenvalue weighted by Crippen LogP contribution is -1.98. The molecule has 0 radical (unpaired) electrons. The number of nitrogens with zero attached hydrogens (tertiary/aromatic N) is 1. The predicted molar refractivity (Wildman–Crippen MR) is 45.5 cm³/mol. The van der Waals surface area contributed by atoms with E-state index in [4.69, 9.17) is 4.79 Å². The van der Waals surface area contributed by atoms with Gasteiger partial charge in [-0.2, -0.15) is 0 Å². The highest BCUT2D eigenvalue weighted by molar-refractivity contribution is 5.86. The van der Waals surface area contributed by atoms with Crippen LogP contribution in [-0.2, 0) is 14.3 Å². The molecule has 0 aromatic carbocycles. The van der Waals surface area contributed by atoms with Gasteiger partial charge in [0.1, 0.15) is 0 Å². The van der Waals surface area contributed by atoms with Gasteiger partial charge in [-0.25, -0.2) is 14.6 Å². The Balaban J connectivity index is 0. The van der Waals surface area contributed by atoms with E-state index in [9.17, 15) is 4.79 Å². The summed E-state index contributed by atoms with van der Waals surface area (Å²) in [6.45, 7) is 7.28. The SMILES string of the molecule is C=C(C)C(=O)OC.CCN=C=O. The molecule has 0 aliphatic rings. The molecule has 0 saturated heterocycles.